The standard InChI is InChI=1S/C16H19S.BF4/c1-3-13-17(15-7-5-4-6-8-15)16-11-9-14(2)10-12-16;2-1(3,4)5/h4-12H,3,13H2,1-2H3;/q+1;-1. The summed E-state index contributed by atoms with van der Waals surface area (Å²) in [6.45, 7) is 4.40. The van der Waals surface area contributed by atoms with E-state index in [9.17, 15) is 17.3 Å². The van der Waals surface area contributed by atoms with Gasteiger partial charge < -0.3 is 17.3 Å². The molecule has 2 aromatic rings. The molecule has 0 saturated carbocycles. The van der Waals surface area contributed by atoms with E-state index in [-0.39, 0.29) is 10.9 Å². The number of rotatable bonds is 4. The second-order valence-electron chi connectivity index (χ2n) is 4.72. The molecule has 0 nitrogen and oxygen atoms in total. The molecule has 1 unspecified atom stereocenters. The Morgan fingerprint density at radius 3 is 1.73 bits per heavy atom. The van der Waals surface area contributed by atoms with Crippen molar-refractivity contribution in [3.63, 3.8) is 0 Å². The number of benzene rings is 2. The van der Waals surface area contributed by atoms with Crippen LogP contribution in [0.2, 0.25) is 0 Å². The van der Waals surface area contributed by atoms with Crippen molar-refractivity contribution >= 4 is 18.1 Å². The van der Waals surface area contributed by atoms with E-state index in [1.165, 1.54) is 27.5 Å². The molecule has 0 aromatic heterocycles. The summed E-state index contributed by atoms with van der Waals surface area (Å²) in [5.41, 5.74) is 1.34. The Hall–Kier alpha value is -1.43. The Bertz CT molecular complexity index is 534. The number of hydrogen-bond donors (Lipinski definition) is 0. The second kappa shape index (κ2) is 8.88. The van der Waals surface area contributed by atoms with Crippen molar-refractivity contribution in [3.8, 4) is 0 Å². The van der Waals surface area contributed by atoms with Crippen LogP contribution in [-0.2, 0) is 10.9 Å². The highest BCUT2D eigenvalue weighted by atomic mass is 32.2. The highest BCUT2D eigenvalue weighted by Gasteiger charge is 2.23. The van der Waals surface area contributed by atoms with Crippen LogP contribution in [0.5, 0.6) is 0 Å². The first kappa shape index (κ1) is 18.6. The molecule has 0 heterocycles. The molecule has 1 atom stereocenters. The smallest absolute Gasteiger partial charge is 0.418 e. The van der Waals surface area contributed by atoms with Gasteiger partial charge in [-0.1, -0.05) is 42.8 Å². The largest absolute Gasteiger partial charge is 0.673 e. The van der Waals surface area contributed by atoms with Gasteiger partial charge in [0.05, 0.1) is 10.9 Å². The van der Waals surface area contributed by atoms with Crippen LogP contribution in [-0.4, -0.2) is 13.0 Å². The van der Waals surface area contributed by atoms with E-state index in [0.29, 0.717) is 0 Å². The van der Waals surface area contributed by atoms with Gasteiger partial charge in [-0.2, -0.15) is 0 Å². The maximum absolute atomic E-state index is 9.75. The lowest BCUT2D eigenvalue weighted by Crippen LogP contribution is -2.08. The van der Waals surface area contributed by atoms with Crippen LogP contribution in [0.4, 0.5) is 17.3 Å². The summed E-state index contributed by atoms with van der Waals surface area (Å²) in [7, 11) is -5.76. The van der Waals surface area contributed by atoms with Gasteiger partial charge in [0.25, 0.3) is 0 Å². The number of hydrogen-bond acceptors (Lipinski definition) is 0. The fourth-order valence-corrected chi connectivity index (χ4v) is 3.97. The molecule has 2 rings (SSSR count). The quantitative estimate of drug-likeness (QED) is 0.381. The van der Waals surface area contributed by atoms with Gasteiger partial charge in [0, 0.05) is 0 Å². The van der Waals surface area contributed by atoms with Crippen LogP contribution in [0, 0.1) is 6.92 Å². The van der Waals surface area contributed by atoms with Crippen molar-refractivity contribution in [2.45, 2.75) is 30.1 Å². The molecule has 0 bridgehead atoms. The molecule has 2 aromatic carbocycles. The Kier molecular flexibility index (Phi) is 7.52. The monoisotopic (exact) mass is 330 g/mol. The summed E-state index contributed by atoms with van der Waals surface area (Å²) in [5, 5.41) is 0. The van der Waals surface area contributed by atoms with Gasteiger partial charge in [-0.3, -0.25) is 0 Å². The Balaban J connectivity index is 0.000000422. The minimum Gasteiger partial charge on any atom is -0.418 e. The Morgan fingerprint density at radius 1 is 0.818 bits per heavy atom. The third-order valence-corrected chi connectivity index (χ3v) is 5.24. The van der Waals surface area contributed by atoms with Crippen molar-refractivity contribution in [3.05, 3.63) is 60.2 Å². The van der Waals surface area contributed by atoms with Crippen LogP contribution >= 0.6 is 0 Å². The van der Waals surface area contributed by atoms with Crippen molar-refractivity contribution in [1.29, 1.82) is 0 Å². The molecule has 0 radical (unpaired) electrons. The molecule has 0 fully saturated rings. The van der Waals surface area contributed by atoms with E-state index >= 15 is 0 Å². The lowest BCUT2D eigenvalue weighted by atomic mass is 10.2. The van der Waals surface area contributed by atoms with E-state index in [1.807, 2.05) is 0 Å². The molecular weight excluding hydrogens is 311 g/mol. The Morgan fingerprint density at radius 2 is 1.27 bits per heavy atom. The molecule has 0 saturated heterocycles. The number of aryl methyl sites for hydroxylation is 1. The first-order valence-corrected chi connectivity index (χ1v) is 8.40. The minimum atomic E-state index is -6.00. The summed E-state index contributed by atoms with van der Waals surface area (Å²) >= 11 is 0. The van der Waals surface area contributed by atoms with Crippen molar-refractivity contribution < 1.29 is 17.3 Å². The topological polar surface area (TPSA) is 0 Å². The van der Waals surface area contributed by atoms with E-state index in [4.69, 9.17) is 0 Å². The van der Waals surface area contributed by atoms with Crippen LogP contribution < -0.4 is 0 Å². The molecule has 0 aliphatic carbocycles. The summed E-state index contributed by atoms with van der Waals surface area (Å²) < 4.78 is 39.0. The van der Waals surface area contributed by atoms with Gasteiger partial charge >= 0.3 is 7.25 Å². The van der Waals surface area contributed by atoms with Crippen LogP contribution in [0.3, 0.4) is 0 Å². The molecular formula is C16H19BF4S. The van der Waals surface area contributed by atoms with E-state index in [0.717, 1.165) is 0 Å². The Labute approximate surface area is 132 Å². The summed E-state index contributed by atoms with van der Waals surface area (Å²) in [6, 6.07) is 19.9. The predicted octanol–water partition coefficient (Wildman–Crippen LogP) is 5.74. The van der Waals surface area contributed by atoms with Gasteiger partial charge in [0.15, 0.2) is 9.79 Å². The molecule has 6 heteroatoms. The van der Waals surface area contributed by atoms with Gasteiger partial charge in [-0.05, 0) is 37.6 Å². The molecule has 0 aliphatic rings. The highest BCUT2D eigenvalue weighted by molar-refractivity contribution is 7.97. The van der Waals surface area contributed by atoms with Gasteiger partial charge in [-0.25, -0.2) is 0 Å². The van der Waals surface area contributed by atoms with E-state index in [2.05, 4.69) is 68.4 Å². The summed E-state index contributed by atoms with van der Waals surface area (Å²) in [4.78, 5) is 2.92. The highest BCUT2D eigenvalue weighted by Crippen LogP contribution is 2.24. The van der Waals surface area contributed by atoms with E-state index in [1.54, 1.807) is 0 Å². The SMILES string of the molecule is CCC[S+](c1ccccc1)c1ccc(C)cc1.F[B-](F)(F)F. The average Bonchev–Trinajstić information content (AvgIpc) is 2.45. The van der Waals surface area contributed by atoms with Crippen molar-refractivity contribution in [2.24, 2.45) is 0 Å². The third-order valence-electron chi connectivity index (χ3n) is 2.74. The maximum atomic E-state index is 9.75. The fraction of sp³-hybridized carbons (Fsp3) is 0.250. The van der Waals surface area contributed by atoms with Crippen molar-refractivity contribution in [1.82, 2.24) is 0 Å². The lowest BCUT2D eigenvalue weighted by Gasteiger charge is -2.07. The molecule has 0 amide bonds. The molecule has 0 spiro atoms. The van der Waals surface area contributed by atoms with Crippen LogP contribution in [0.25, 0.3) is 0 Å². The van der Waals surface area contributed by atoms with Crippen LogP contribution in [0.1, 0.15) is 18.9 Å². The van der Waals surface area contributed by atoms with Gasteiger partial charge in [0.2, 0.25) is 0 Å². The predicted molar refractivity (Wildman–Crippen MR) is 86.9 cm³/mol. The molecule has 22 heavy (non-hydrogen) atoms. The van der Waals surface area contributed by atoms with Gasteiger partial charge in [0.1, 0.15) is 5.75 Å². The minimum absolute atomic E-state index is 0.240. The maximum Gasteiger partial charge on any atom is 0.673 e. The zero-order valence-corrected chi connectivity index (χ0v) is 13.4. The first-order chi connectivity index (χ1) is 10.3. The fourth-order valence-electron chi connectivity index (χ4n) is 1.86. The summed E-state index contributed by atoms with van der Waals surface area (Å²) in [5.74, 6) is 1.24. The van der Waals surface area contributed by atoms with Crippen molar-refractivity contribution in [2.75, 3.05) is 5.75 Å². The molecule has 120 valence electrons. The van der Waals surface area contributed by atoms with Gasteiger partial charge in [-0.15, -0.1) is 0 Å². The second-order valence-corrected chi connectivity index (χ2v) is 6.85. The first-order valence-electron chi connectivity index (χ1n) is 7.01. The average molecular weight is 330 g/mol. The number of halogens is 4. The summed E-state index contributed by atoms with van der Waals surface area (Å²) in [6.07, 6.45) is 1.23. The molecule has 0 N–H and O–H groups in total. The zero-order valence-electron chi connectivity index (χ0n) is 12.6. The zero-order chi connectivity index (χ0) is 16.6. The van der Waals surface area contributed by atoms with Crippen LogP contribution in [0.15, 0.2) is 64.4 Å². The lowest BCUT2D eigenvalue weighted by molar-refractivity contribution is 0.368. The molecule has 0 aliphatic heterocycles. The normalized spacial score (nSPS) is 12.3. The third kappa shape index (κ3) is 7.55. The van der Waals surface area contributed by atoms with E-state index < -0.39 is 7.25 Å².